The predicted octanol–water partition coefficient (Wildman–Crippen LogP) is -0.0233. The van der Waals surface area contributed by atoms with Gasteiger partial charge in [-0.1, -0.05) is 0 Å². The van der Waals surface area contributed by atoms with E-state index in [0.717, 1.165) is 0 Å². The largest absolute Gasteiger partial charge is 0.486 e. The van der Waals surface area contributed by atoms with E-state index in [1.54, 1.807) is 6.07 Å². The number of nitrogen functional groups attached to an aromatic ring is 1. The third kappa shape index (κ3) is 3.34. The van der Waals surface area contributed by atoms with Gasteiger partial charge in [0.2, 0.25) is 10.0 Å². The third-order valence-corrected chi connectivity index (χ3v) is 6.50. The molecule has 0 saturated carbocycles. The minimum Gasteiger partial charge on any atom is -0.486 e. The Morgan fingerprint density at radius 1 is 1.00 bits per heavy atom. The summed E-state index contributed by atoms with van der Waals surface area (Å²) >= 11 is 0. The molecule has 0 atom stereocenters. The average Bonchev–Trinajstić information content (AvgIpc) is 2.73. The van der Waals surface area contributed by atoms with E-state index in [2.05, 4.69) is 9.97 Å². The van der Waals surface area contributed by atoms with Crippen LogP contribution in [0.3, 0.4) is 0 Å². The molecular formula is C17H19N5O5S. The second kappa shape index (κ2) is 7.24. The van der Waals surface area contributed by atoms with Crippen LogP contribution in [0.15, 0.2) is 35.5 Å². The van der Waals surface area contributed by atoms with Crippen molar-refractivity contribution in [3.63, 3.8) is 0 Å². The summed E-state index contributed by atoms with van der Waals surface area (Å²) in [6.07, 6.45) is 2.80. The number of aromatic nitrogens is 2. The summed E-state index contributed by atoms with van der Waals surface area (Å²) in [7, 11) is -3.71. The molecule has 2 N–H and O–H groups in total. The van der Waals surface area contributed by atoms with Gasteiger partial charge in [0.15, 0.2) is 23.0 Å². The van der Waals surface area contributed by atoms with Crippen molar-refractivity contribution in [2.45, 2.75) is 4.90 Å². The van der Waals surface area contributed by atoms with Crippen LogP contribution in [0.5, 0.6) is 11.5 Å². The van der Waals surface area contributed by atoms with Crippen molar-refractivity contribution in [2.75, 3.05) is 45.1 Å². The van der Waals surface area contributed by atoms with Crippen molar-refractivity contribution in [1.29, 1.82) is 0 Å². The first-order chi connectivity index (χ1) is 13.5. The normalized spacial score (nSPS) is 17.4. The molecule has 1 fully saturated rings. The van der Waals surface area contributed by atoms with Gasteiger partial charge in [0.1, 0.15) is 13.2 Å². The highest BCUT2D eigenvalue weighted by atomic mass is 32.2. The highest BCUT2D eigenvalue weighted by molar-refractivity contribution is 7.89. The molecule has 148 valence electrons. The summed E-state index contributed by atoms with van der Waals surface area (Å²) in [5, 5.41) is 0. The minimum absolute atomic E-state index is 0.0545. The Labute approximate surface area is 161 Å². The maximum Gasteiger partial charge on any atom is 0.276 e. The fourth-order valence-corrected chi connectivity index (χ4v) is 4.57. The number of carbonyl (C=O) groups is 1. The minimum atomic E-state index is -3.71. The molecule has 0 spiro atoms. The van der Waals surface area contributed by atoms with Gasteiger partial charge in [0, 0.05) is 44.6 Å². The fraction of sp³-hybridized carbons (Fsp3) is 0.353. The molecule has 2 aliphatic rings. The van der Waals surface area contributed by atoms with Gasteiger partial charge >= 0.3 is 0 Å². The number of hydrogen-bond acceptors (Lipinski definition) is 8. The Kier molecular flexibility index (Phi) is 4.77. The van der Waals surface area contributed by atoms with Gasteiger partial charge in [-0.15, -0.1) is 0 Å². The molecule has 28 heavy (non-hydrogen) atoms. The molecule has 0 radical (unpaired) electrons. The SMILES string of the molecule is Nc1nccnc1C(=O)N1CCN(S(=O)(=O)c2ccc3c(c2)OCCO3)CC1. The highest BCUT2D eigenvalue weighted by Crippen LogP contribution is 2.33. The first kappa shape index (κ1) is 18.4. The fourth-order valence-electron chi connectivity index (χ4n) is 3.13. The van der Waals surface area contributed by atoms with E-state index in [0.29, 0.717) is 24.7 Å². The number of nitrogens with zero attached hydrogens (tertiary/aromatic N) is 4. The van der Waals surface area contributed by atoms with E-state index in [9.17, 15) is 13.2 Å². The zero-order chi connectivity index (χ0) is 19.7. The first-order valence-corrected chi connectivity index (χ1v) is 10.2. The van der Waals surface area contributed by atoms with E-state index in [-0.39, 0.29) is 48.5 Å². The van der Waals surface area contributed by atoms with E-state index >= 15 is 0 Å². The molecule has 4 rings (SSSR count). The molecule has 1 aromatic heterocycles. The van der Waals surface area contributed by atoms with Crippen LogP contribution in [0, 0.1) is 0 Å². The van der Waals surface area contributed by atoms with Crippen LogP contribution in [0.1, 0.15) is 10.5 Å². The van der Waals surface area contributed by atoms with E-state index in [1.165, 1.54) is 33.7 Å². The molecule has 3 heterocycles. The number of carbonyl (C=O) groups excluding carboxylic acids is 1. The molecule has 1 saturated heterocycles. The Bertz CT molecular complexity index is 1000. The van der Waals surface area contributed by atoms with Crippen LogP contribution >= 0.6 is 0 Å². The first-order valence-electron chi connectivity index (χ1n) is 8.72. The number of anilines is 1. The lowest BCUT2D eigenvalue weighted by Gasteiger charge is -2.34. The molecular weight excluding hydrogens is 386 g/mol. The molecule has 0 aliphatic carbocycles. The second-order valence-corrected chi connectivity index (χ2v) is 8.23. The van der Waals surface area contributed by atoms with Crippen LogP contribution in [-0.4, -0.2) is 72.9 Å². The van der Waals surface area contributed by atoms with Gasteiger partial charge < -0.3 is 20.1 Å². The molecule has 2 aromatic rings. The Morgan fingerprint density at radius 3 is 2.39 bits per heavy atom. The van der Waals surface area contributed by atoms with E-state index in [4.69, 9.17) is 15.2 Å². The maximum atomic E-state index is 13.0. The molecule has 11 heteroatoms. The maximum absolute atomic E-state index is 13.0. The van der Waals surface area contributed by atoms with Crippen LogP contribution in [0.2, 0.25) is 0 Å². The Morgan fingerprint density at radius 2 is 1.68 bits per heavy atom. The lowest BCUT2D eigenvalue weighted by atomic mass is 10.3. The van der Waals surface area contributed by atoms with Gasteiger partial charge in [-0.3, -0.25) is 4.79 Å². The zero-order valence-electron chi connectivity index (χ0n) is 14.9. The monoisotopic (exact) mass is 405 g/mol. The number of sulfonamides is 1. The number of benzene rings is 1. The van der Waals surface area contributed by atoms with Crippen molar-refractivity contribution in [1.82, 2.24) is 19.2 Å². The predicted molar refractivity (Wildman–Crippen MR) is 98.5 cm³/mol. The van der Waals surface area contributed by atoms with E-state index in [1.807, 2.05) is 0 Å². The number of piperazine rings is 1. The number of amides is 1. The van der Waals surface area contributed by atoms with E-state index < -0.39 is 10.0 Å². The highest BCUT2D eigenvalue weighted by Gasteiger charge is 2.32. The van der Waals surface area contributed by atoms with Gasteiger partial charge in [-0.2, -0.15) is 4.31 Å². The van der Waals surface area contributed by atoms with Crippen LogP contribution in [0.25, 0.3) is 0 Å². The number of fused-ring (bicyclic) bond motifs is 1. The average molecular weight is 405 g/mol. The second-order valence-electron chi connectivity index (χ2n) is 6.29. The van der Waals surface area contributed by atoms with Crippen molar-refractivity contribution in [3.8, 4) is 11.5 Å². The van der Waals surface area contributed by atoms with Crippen LogP contribution in [-0.2, 0) is 10.0 Å². The summed E-state index contributed by atoms with van der Waals surface area (Å²) in [4.78, 5) is 22.0. The molecule has 0 bridgehead atoms. The van der Waals surface area contributed by atoms with Crippen LogP contribution < -0.4 is 15.2 Å². The molecule has 1 aromatic carbocycles. The zero-order valence-corrected chi connectivity index (χ0v) is 15.8. The van der Waals surface area contributed by atoms with Crippen molar-refractivity contribution < 1.29 is 22.7 Å². The van der Waals surface area contributed by atoms with Gasteiger partial charge in [-0.25, -0.2) is 18.4 Å². The quantitative estimate of drug-likeness (QED) is 0.754. The summed E-state index contributed by atoms with van der Waals surface area (Å²) in [6.45, 7) is 1.62. The third-order valence-electron chi connectivity index (χ3n) is 4.61. The lowest BCUT2D eigenvalue weighted by molar-refractivity contribution is 0.0692. The number of hydrogen-bond donors (Lipinski definition) is 1. The molecule has 2 aliphatic heterocycles. The Balaban J connectivity index is 1.47. The smallest absolute Gasteiger partial charge is 0.276 e. The lowest BCUT2D eigenvalue weighted by Crippen LogP contribution is -2.50. The molecule has 0 unspecified atom stereocenters. The number of ether oxygens (including phenoxy) is 2. The van der Waals surface area contributed by atoms with Gasteiger partial charge in [0.25, 0.3) is 5.91 Å². The molecule has 10 nitrogen and oxygen atoms in total. The van der Waals surface area contributed by atoms with Crippen molar-refractivity contribution in [2.24, 2.45) is 0 Å². The molecule has 1 amide bonds. The van der Waals surface area contributed by atoms with Gasteiger partial charge in [-0.05, 0) is 12.1 Å². The van der Waals surface area contributed by atoms with Crippen LogP contribution in [0.4, 0.5) is 5.82 Å². The van der Waals surface area contributed by atoms with Gasteiger partial charge in [0.05, 0.1) is 4.90 Å². The van der Waals surface area contributed by atoms with Crippen molar-refractivity contribution >= 4 is 21.7 Å². The summed E-state index contributed by atoms with van der Waals surface area (Å²) in [5.41, 5.74) is 5.78. The van der Waals surface area contributed by atoms with Crippen molar-refractivity contribution in [3.05, 3.63) is 36.3 Å². The Hall–Kier alpha value is -2.92. The summed E-state index contributed by atoms with van der Waals surface area (Å²) in [5.74, 6) is 0.641. The summed E-state index contributed by atoms with van der Waals surface area (Å²) in [6, 6.07) is 4.57. The number of rotatable bonds is 3. The standard InChI is InChI=1S/C17H19N5O5S/c18-16-15(19-3-4-20-16)17(23)21-5-7-22(8-6-21)28(24,25)12-1-2-13-14(11-12)27-10-9-26-13/h1-4,11H,5-10H2,(H2,18,20). The number of nitrogens with two attached hydrogens (primary N) is 1. The summed E-state index contributed by atoms with van der Waals surface area (Å²) < 4.78 is 38.2. The topological polar surface area (TPSA) is 128 Å².